The third kappa shape index (κ3) is 5.79. The van der Waals surface area contributed by atoms with Crippen LogP contribution in [-0.4, -0.2) is 37.6 Å². The zero-order valence-corrected chi connectivity index (χ0v) is 13.9. The summed E-state index contributed by atoms with van der Waals surface area (Å²) in [6.07, 6.45) is -0.615. The molecule has 0 fully saturated rings. The lowest BCUT2D eigenvalue weighted by Gasteiger charge is -2.19. The van der Waals surface area contributed by atoms with Crippen LogP contribution in [0.25, 0.3) is 0 Å². The SMILES string of the molecule is CCNC(C)c1ccc(Br)cc1OCC(O)COCC. The molecule has 5 heteroatoms. The third-order valence-electron chi connectivity index (χ3n) is 2.90. The van der Waals surface area contributed by atoms with Crippen LogP contribution in [0.4, 0.5) is 0 Å². The van der Waals surface area contributed by atoms with Crippen molar-refractivity contribution < 1.29 is 14.6 Å². The van der Waals surface area contributed by atoms with E-state index < -0.39 is 6.10 Å². The van der Waals surface area contributed by atoms with Gasteiger partial charge in [-0.2, -0.15) is 0 Å². The number of halogens is 1. The minimum Gasteiger partial charge on any atom is -0.490 e. The summed E-state index contributed by atoms with van der Waals surface area (Å²) in [7, 11) is 0. The molecule has 114 valence electrons. The second-order valence-electron chi connectivity index (χ2n) is 4.59. The summed E-state index contributed by atoms with van der Waals surface area (Å²) in [5, 5.41) is 13.1. The van der Waals surface area contributed by atoms with Gasteiger partial charge in [-0.3, -0.25) is 0 Å². The highest BCUT2D eigenvalue weighted by atomic mass is 79.9. The van der Waals surface area contributed by atoms with Gasteiger partial charge in [0.1, 0.15) is 18.5 Å². The van der Waals surface area contributed by atoms with E-state index in [9.17, 15) is 5.11 Å². The monoisotopic (exact) mass is 345 g/mol. The van der Waals surface area contributed by atoms with Crippen LogP contribution in [0.5, 0.6) is 5.75 Å². The summed E-state index contributed by atoms with van der Waals surface area (Å²) in [5.74, 6) is 0.781. The van der Waals surface area contributed by atoms with Crippen LogP contribution in [0.3, 0.4) is 0 Å². The van der Waals surface area contributed by atoms with Crippen molar-refractivity contribution in [1.29, 1.82) is 0 Å². The Morgan fingerprint density at radius 2 is 2.05 bits per heavy atom. The number of ether oxygens (including phenoxy) is 2. The number of nitrogens with one attached hydrogen (secondary N) is 1. The predicted molar refractivity (Wildman–Crippen MR) is 84.2 cm³/mol. The van der Waals surface area contributed by atoms with Gasteiger partial charge in [-0.05, 0) is 32.5 Å². The zero-order chi connectivity index (χ0) is 15.0. The van der Waals surface area contributed by atoms with Gasteiger partial charge < -0.3 is 19.9 Å². The quantitative estimate of drug-likeness (QED) is 0.722. The lowest BCUT2D eigenvalue weighted by atomic mass is 10.1. The van der Waals surface area contributed by atoms with Crippen molar-refractivity contribution in [1.82, 2.24) is 5.32 Å². The van der Waals surface area contributed by atoms with Crippen molar-refractivity contribution in [3.8, 4) is 5.75 Å². The van der Waals surface area contributed by atoms with E-state index in [1.54, 1.807) is 0 Å². The van der Waals surface area contributed by atoms with E-state index in [-0.39, 0.29) is 12.6 Å². The maximum absolute atomic E-state index is 9.77. The van der Waals surface area contributed by atoms with Gasteiger partial charge in [0, 0.05) is 22.7 Å². The first-order chi connectivity index (χ1) is 9.58. The molecule has 20 heavy (non-hydrogen) atoms. The first-order valence-corrected chi connectivity index (χ1v) is 7.79. The fraction of sp³-hybridized carbons (Fsp3) is 0.600. The summed E-state index contributed by atoms with van der Waals surface area (Å²) >= 11 is 3.45. The number of hydrogen-bond acceptors (Lipinski definition) is 4. The molecule has 0 spiro atoms. The van der Waals surface area contributed by atoms with E-state index in [2.05, 4.69) is 35.1 Å². The van der Waals surface area contributed by atoms with Crippen molar-refractivity contribution in [2.24, 2.45) is 0 Å². The first kappa shape index (κ1) is 17.4. The Kier molecular flexibility index (Phi) is 8.14. The third-order valence-corrected chi connectivity index (χ3v) is 3.39. The van der Waals surface area contributed by atoms with Crippen LogP contribution in [-0.2, 0) is 4.74 Å². The molecule has 2 N–H and O–H groups in total. The van der Waals surface area contributed by atoms with Gasteiger partial charge >= 0.3 is 0 Å². The van der Waals surface area contributed by atoms with Crippen LogP contribution >= 0.6 is 15.9 Å². The summed E-state index contributed by atoms with van der Waals surface area (Å²) in [6.45, 7) is 8.07. The van der Waals surface area contributed by atoms with Crippen molar-refractivity contribution in [2.45, 2.75) is 32.9 Å². The second kappa shape index (κ2) is 9.34. The highest BCUT2D eigenvalue weighted by molar-refractivity contribution is 9.10. The average molecular weight is 346 g/mol. The summed E-state index contributed by atoms with van der Waals surface area (Å²) in [5.41, 5.74) is 1.08. The van der Waals surface area contributed by atoms with Gasteiger partial charge in [0.2, 0.25) is 0 Å². The number of rotatable bonds is 9. The predicted octanol–water partition coefficient (Wildman–Crippen LogP) is 2.90. The molecule has 0 aliphatic rings. The maximum Gasteiger partial charge on any atom is 0.125 e. The molecule has 0 radical (unpaired) electrons. The van der Waals surface area contributed by atoms with E-state index in [0.717, 1.165) is 22.3 Å². The molecule has 0 bridgehead atoms. The summed E-state index contributed by atoms with van der Waals surface area (Å²) in [4.78, 5) is 0. The molecule has 2 atom stereocenters. The highest BCUT2D eigenvalue weighted by Gasteiger charge is 2.13. The van der Waals surface area contributed by atoms with Gasteiger partial charge in [0.15, 0.2) is 0 Å². The Morgan fingerprint density at radius 1 is 1.30 bits per heavy atom. The fourth-order valence-electron chi connectivity index (χ4n) is 1.90. The molecule has 0 saturated heterocycles. The molecule has 0 amide bonds. The van der Waals surface area contributed by atoms with Crippen LogP contribution in [0.2, 0.25) is 0 Å². The molecule has 0 heterocycles. The minimum atomic E-state index is -0.615. The maximum atomic E-state index is 9.77. The standard InChI is InChI=1S/C15H24BrNO3/c1-4-17-11(3)14-7-6-12(16)8-15(14)20-10-13(18)9-19-5-2/h6-8,11,13,17-18H,4-5,9-10H2,1-3H3. The van der Waals surface area contributed by atoms with Crippen LogP contribution < -0.4 is 10.1 Å². The van der Waals surface area contributed by atoms with Gasteiger partial charge in [-0.15, -0.1) is 0 Å². The summed E-state index contributed by atoms with van der Waals surface area (Å²) in [6, 6.07) is 6.15. The number of aliphatic hydroxyl groups excluding tert-OH is 1. The van der Waals surface area contributed by atoms with Crippen LogP contribution in [0.15, 0.2) is 22.7 Å². The average Bonchev–Trinajstić information content (AvgIpc) is 2.43. The molecule has 0 aromatic heterocycles. The Hall–Kier alpha value is -0.620. The number of aliphatic hydroxyl groups is 1. The van der Waals surface area contributed by atoms with Gasteiger partial charge in [0.05, 0.1) is 6.61 Å². The highest BCUT2D eigenvalue weighted by Crippen LogP contribution is 2.28. The minimum absolute atomic E-state index is 0.201. The Morgan fingerprint density at radius 3 is 2.70 bits per heavy atom. The molecule has 1 rings (SSSR count). The van der Waals surface area contributed by atoms with E-state index in [1.165, 1.54) is 0 Å². The van der Waals surface area contributed by atoms with Crippen molar-refractivity contribution in [3.05, 3.63) is 28.2 Å². The van der Waals surface area contributed by atoms with Gasteiger partial charge in [-0.25, -0.2) is 0 Å². The molecule has 4 nitrogen and oxygen atoms in total. The smallest absolute Gasteiger partial charge is 0.125 e. The van der Waals surface area contributed by atoms with Crippen molar-refractivity contribution in [2.75, 3.05) is 26.4 Å². The molecular weight excluding hydrogens is 322 g/mol. The zero-order valence-electron chi connectivity index (χ0n) is 12.4. The molecule has 0 saturated carbocycles. The Labute approximate surface area is 129 Å². The second-order valence-corrected chi connectivity index (χ2v) is 5.50. The Balaban J connectivity index is 2.69. The molecule has 0 aliphatic heterocycles. The van der Waals surface area contributed by atoms with E-state index in [1.807, 2.05) is 25.1 Å². The van der Waals surface area contributed by atoms with Crippen LogP contribution in [0.1, 0.15) is 32.4 Å². The lowest BCUT2D eigenvalue weighted by molar-refractivity contribution is 0.0161. The topological polar surface area (TPSA) is 50.7 Å². The molecule has 1 aromatic carbocycles. The Bertz CT molecular complexity index is 401. The number of hydrogen-bond donors (Lipinski definition) is 2. The largest absolute Gasteiger partial charge is 0.490 e. The summed E-state index contributed by atoms with van der Waals surface area (Å²) < 4.78 is 11.9. The van der Waals surface area contributed by atoms with Crippen molar-refractivity contribution in [3.63, 3.8) is 0 Å². The molecule has 1 aromatic rings. The van der Waals surface area contributed by atoms with Gasteiger partial charge in [0.25, 0.3) is 0 Å². The van der Waals surface area contributed by atoms with Gasteiger partial charge in [-0.1, -0.05) is 28.9 Å². The van der Waals surface area contributed by atoms with Crippen LogP contribution in [0, 0.1) is 0 Å². The fourth-order valence-corrected chi connectivity index (χ4v) is 2.24. The number of benzene rings is 1. The first-order valence-electron chi connectivity index (χ1n) is 6.99. The lowest BCUT2D eigenvalue weighted by Crippen LogP contribution is -2.24. The molecular formula is C15H24BrNO3. The normalized spacial score (nSPS) is 14.1. The van der Waals surface area contributed by atoms with E-state index >= 15 is 0 Å². The molecule has 0 aliphatic carbocycles. The molecule has 2 unspecified atom stereocenters. The van der Waals surface area contributed by atoms with E-state index in [0.29, 0.717) is 13.2 Å². The van der Waals surface area contributed by atoms with E-state index in [4.69, 9.17) is 9.47 Å². The van der Waals surface area contributed by atoms with Crippen molar-refractivity contribution >= 4 is 15.9 Å².